The summed E-state index contributed by atoms with van der Waals surface area (Å²) in [6, 6.07) is 5.42. The topological polar surface area (TPSA) is 62.3 Å². The summed E-state index contributed by atoms with van der Waals surface area (Å²) >= 11 is 3.57. The number of benzene rings is 1. The Morgan fingerprint density at radius 2 is 1.86 bits per heavy atom. The Morgan fingerprint density at radius 3 is 2.29 bits per heavy atom. The van der Waals surface area contributed by atoms with E-state index in [2.05, 4.69) is 21.0 Å². The highest BCUT2D eigenvalue weighted by molar-refractivity contribution is 9.10. The lowest BCUT2D eigenvalue weighted by atomic mass is 10.0. The molecule has 1 atom stereocenters. The van der Waals surface area contributed by atoms with E-state index < -0.39 is 0 Å². The summed E-state index contributed by atoms with van der Waals surface area (Å²) in [5, 5.41) is 4.39. The second-order valence-corrected chi connectivity index (χ2v) is 5.65. The SMILES string of the molecule is COc1cccc(OC)c1C(N)Cc1c(Br)c(C)nn1C. The van der Waals surface area contributed by atoms with Crippen molar-refractivity contribution in [3.05, 3.63) is 39.6 Å². The van der Waals surface area contributed by atoms with Gasteiger partial charge in [-0.05, 0) is 35.0 Å². The van der Waals surface area contributed by atoms with Crippen molar-refractivity contribution in [1.82, 2.24) is 9.78 Å². The highest BCUT2D eigenvalue weighted by Crippen LogP contribution is 2.35. The van der Waals surface area contributed by atoms with Gasteiger partial charge in [0.15, 0.2) is 0 Å². The predicted octanol–water partition coefficient (Wildman–Crippen LogP) is 2.75. The van der Waals surface area contributed by atoms with Crippen molar-refractivity contribution in [2.24, 2.45) is 12.8 Å². The molecular formula is C15H20BrN3O2. The van der Waals surface area contributed by atoms with Crippen molar-refractivity contribution in [3.63, 3.8) is 0 Å². The predicted molar refractivity (Wildman–Crippen MR) is 85.8 cm³/mol. The maximum atomic E-state index is 6.40. The lowest BCUT2D eigenvalue weighted by molar-refractivity contribution is 0.378. The quantitative estimate of drug-likeness (QED) is 0.897. The first-order valence-corrected chi connectivity index (χ1v) is 7.43. The molecule has 6 heteroatoms. The summed E-state index contributed by atoms with van der Waals surface area (Å²) in [5.41, 5.74) is 9.27. The molecule has 0 bridgehead atoms. The van der Waals surface area contributed by atoms with Crippen molar-refractivity contribution in [1.29, 1.82) is 0 Å². The van der Waals surface area contributed by atoms with Crippen molar-refractivity contribution in [2.75, 3.05) is 14.2 Å². The number of ether oxygens (including phenoxy) is 2. The Labute approximate surface area is 133 Å². The smallest absolute Gasteiger partial charge is 0.127 e. The van der Waals surface area contributed by atoms with Crippen molar-refractivity contribution in [3.8, 4) is 11.5 Å². The lowest BCUT2D eigenvalue weighted by Gasteiger charge is -2.19. The maximum Gasteiger partial charge on any atom is 0.127 e. The molecule has 2 aromatic rings. The number of hydrogen-bond donors (Lipinski definition) is 1. The number of nitrogens with two attached hydrogens (primary N) is 1. The normalized spacial score (nSPS) is 12.3. The van der Waals surface area contributed by atoms with E-state index >= 15 is 0 Å². The van der Waals surface area contributed by atoms with Crippen LogP contribution in [-0.4, -0.2) is 24.0 Å². The molecule has 2 rings (SSSR count). The fraction of sp³-hybridized carbons (Fsp3) is 0.400. The first kappa shape index (κ1) is 15.9. The number of rotatable bonds is 5. The molecule has 0 spiro atoms. The average Bonchev–Trinajstić information content (AvgIpc) is 2.72. The molecule has 1 unspecified atom stereocenters. The molecular weight excluding hydrogens is 334 g/mol. The van der Waals surface area contributed by atoms with Gasteiger partial charge in [0.1, 0.15) is 11.5 Å². The molecule has 2 N–H and O–H groups in total. The molecule has 0 saturated carbocycles. The van der Waals surface area contributed by atoms with Gasteiger partial charge in [0.05, 0.1) is 35.6 Å². The molecule has 0 fully saturated rings. The van der Waals surface area contributed by atoms with Crippen molar-refractivity contribution >= 4 is 15.9 Å². The van der Waals surface area contributed by atoms with Crippen LogP contribution in [0.2, 0.25) is 0 Å². The first-order valence-electron chi connectivity index (χ1n) is 6.64. The van der Waals surface area contributed by atoms with E-state index in [4.69, 9.17) is 15.2 Å². The number of aromatic nitrogens is 2. The fourth-order valence-electron chi connectivity index (χ4n) is 2.46. The van der Waals surface area contributed by atoms with E-state index in [0.717, 1.165) is 32.9 Å². The van der Waals surface area contributed by atoms with Crippen LogP contribution in [-0.2, 0) is 13.5 Å². The van der Waals surface area contributed by atoms with Gasteiger partial charge in [0.2, 0.25) is 0 Å². The molecule has 0 radical (unpaired) electrons. The number of halogens is 1. The minimum atomic E-state index is -0.248. The molecule has 0 aliphatic heterocycles. The van der Waals surface area contributed by atoms with Crippen molar-refractivity contribution in [2.45, 2.75) is 19.4 Å². The van der Waals surface area contributed by atoms with Gasteiger partial charge in [0.25, 0.3) is 0 Å². The summed E-state index contributed by atoms with van der Waals surface area (Å²) < 4.78 is 13.7. The summed E-state index contributed by atoms with van der Waals surface area (Å²) in [7, 11) is 5.18. The molecule has 1 aromatic carbocycles. The van der Waals surface area contributed by atoms with E-state index in [1.54, 1.807) is 14.2 Å². The van der Waals surface area contributed by atoms with E-state index in [1.165, 1.54) is 0 Å². The second-order valence-electron chi connectivity index (χ2n) is 4.86. The molecule has 5 nitrogen and oxygen atoms in total. The molecule has 0 aliphatic rings. The zero-order chi connectivity index (χ0) is 15.6. The number of methoxy groups -OCH3 is 2. The van der Waals surface area contributed by atoms with E-state index in [0.29, 0.717) is 6.42 Å². The Bertz CT molecular complexity index is 618. The Balaban J connectivity index is 2.38. The second kappa shape index (κ2) is 6.49. The van der Waals surface area contributed by atoms with Crippen LogP contribution >= 0.6 is 15.9 Å². The third kappa shape index (κ3) is 3.06. The standard InChI is InChI=1S/C15H20BrN3O2/c1-9-15(16)11(19(2)18-9)8-10(17)14-12(20-3)6-5-7-13(14)21-4/h5-7,10H,8,17H2,1-4H3. The van der Waals surface area contributed by atoms with Gasteiger partial charge in [-0.1, -0.05) is 6.07 Å². The molecule has 0 amide bonds. The van der Waals surface area contributed by atoms with E-state index in [-0.39, 0.29) is 6.04 Å². The van der Waals surface area contributed by atoms with Crippen LogP contribution in [0.25, 0.3) is 0 Å². The van der Waals surface area contributed by atoms with Gasteiger partial charge in [-0.2, -0.15) is 5.10 Å². The Kier molecular flexibility index (Phi) is 4.90. The van der Waals surface area contributed by atoms with Crippen LogP contribution < -0.4 is 15.2 Å². The summed E-state index contributed by atoms with van der Waals surface area (Å²) in [5.74, 6) is 1.47. The fourth-order valence-corrected chi connectivity index (χ4v) is 2.96. The first-order chi connectivity index (χ1) is 9.99. The molecule has 0 aliphatic carbocycles. The van der Waals surface area contributed by atoms with Crippen LogP contribution in [0, 0.1) is 6.92 Å². The van der Waals surface area contributed by atoms with Gasteiger partial charge in [0, 0.05) is 19.5 Å². The summed E-state index contributed by atoms with van der Waals surface area (Å²) in [6.07, 6.45) is 0.634. The molecule has 21 heavy (non-hydrogen) atoms. The summed E-state index contributed by atoms with van der Waals surface area (Å²) in [6.45, 7) is 1.96. The van der Waals surface area contributed by atoms with Crippen LogP contribution in [0.5, 0.6) is 11.5 Å². The Hall–Kier alpha value is -1.53. The summed E-state index contributed by atoms with van der Waals surface area (Å²) in [4.78, 5) is 0. The Morgan fingerprint density at radius 1 is 1.29 bits per heavy atom. The van der Waals surface area contributed by atoms with Gasteiger partial charge >= 0.3 is 0 Å². The highest BCUT2D eigenvalue weighted by atomic mass is 79.9. The number of hydrogen-bond acceptors (Lipinski definition) is 4. The van der Waals surface area contributed by atoms with E-state index in [1.807, 2.05) is 36.9 Å². The van der Waals surface area contributed by atoms with Gasteiger partial charge < -0.3 is 15.2 Å². The maximum absolute atomic E-state index is 6.40. The third-order valence-electron chi connectivity index (χ3n) is 3.51. The molecule has 1 aromatic heterocycles. The van der Waals surface area contributed by atoms with Gasteiger partial charge in [-0.25, -0.2) is 0 Å². The van der Waals surface area contributed by atoms with Crippen LogP contribution in [0.4, 0.5) is 0 Å². The third-order valence-corrected chi connectivity index (χ3v) is 4.54. The minimum absolute atomic E-state index is 0.248. The molecule has 0 saturated heterocycles. The zero-order valence-corrected chi connectivity index (χ0v) is 14.3. The molecule has 1 heterocycles. The lowest BCUT2D eigenvalue weighted by Crippen LogP contribution is -2.17. The number of aryl methyl sites for hydroxylation is 2. The minimum Gasteiger partial charge on any atom is -0.496 e. The molecule has 114 valence electrons. The van der Waals surface area contributed by atoms with Crippen LogP contribution in [0.3, 0.4) is 0 Å². The van der Waals surface area contributed by atoms with Crippen LogP contribution in [0.15, 0.2) is 22.7 Å². The average molecular weight is 354 g/mol. The van der Waals surface area contributed by atoms with E-state index in [9.17, 15) is 0 Å². The van der Waals surface area contributed by atoms with Gasteiger partial charge in [-0.3, -0.25) is 4.68 Å². The number of nitrogens with zero attached hydrogens (tertiary/aromatic N) is 2. The van der Waals surface area contributed by atoms with Crippen molar-refractivity contribution < 1.29 is 9.47 Å². The largest absolute Gasteiger partial charge is 0.496 e. The highest BCUT2D eigenvalue weighted by Gasteiger charge is 2.21. The van der Waals surface area contributed by atoms with Crippen LogP contribution in [0.1, 0.15) is 23.0 Å². The zero-order valence-electron chi connectivity index (χ0n) is 12.7. The van der Waals surface area contributed by atoms with Gasteiger partial charge in [-0.15, -0.1) is 0 Å². The monoisotopic (exact) mass is 353 g/mol.